The molecule has 0 radical (unpaired) electrons. The molecule has 0 aromatic rings. The summed E-state index contributed by atoms with van der Waals surface area (Å²) < 4.78 is 0. The summed E-state index contributed by atoms with van der Waals surface area (Å²) in [6, 6.07) is 0.0579. The molecule has 1 aliphatic rings. The van der Waals surface area contributed by atoms with Gasteiger partial charge >= 0.3 is 0 Å². The Kier molecular flexibility index (Phi) is 3.36. The van der Waals surface area contributed by atoms with Gasteiger partial charge < -0.3 is 10.6 Å². The summed E-state index contributed by atoms with van der Waals surface area (Å²) in [6.07, 6.45) is 4.61. The molecule has 0 aromatic heterocycles. The second-order valence-electron chi connectivity index (χ2n) is 2.97. The Hall–Kier alpha value is -0.570. The van der Waals surface area contributed by atoms with E-state index >= 15 is 0 Å². The first-order chi connectivity index (χ1) is 5.34. The van der Waals surface area contributed by atoms with E-state index in [1.807, 2.05) is 0 Å². The quantitative estimate of drug-likeness (QED) is 0.572. The maximum Gasteiger partial charge on any atom is 0.236 e. The summed E-state index contributed by atoms with van der Waals surface area (Å²) in [6.45, 7) is 0.984. The van der Waals surface area contributed by atoms with E-state index in [1.165, 1.54) is 19.3 Å². The molecule has 0 aliphatic carbocycles. The van der Waals surface area contributed by atoms with Gasteiger partial charge in [0.2, 0.25) is 5.91 Å². The van der Waals surface area contributed by atoms with Gasteiger partial charge in [0.25, 0.3) is 0 Å². The Labute approximate surface area is 67.5 Å². The molecule has 1 heterocycles. The third-order valence-corrected chi connectivity index (χ3v) is 2.12. The smallest absolute Gasteiger partial charge is 0.236 e. The number of rotatable bonds is 1. The van der Waals surface area contributed by atoms with Gasteiger partial charge in [-0.25, -0.2) is 0 Å². The molecular weight excluding hydrogens is 140 g/mol. The van der Waals surface area contributed by atoms with Crippen molar-refractivity contribution < 1.29 is 4.79 Å². The molecule has 1 atom stereocenters. The topological polar surface area (TPSA) is 41.1 Å². The number of carbonyl (C=O) groups excluding carboxylic acids is 1. The lowest BCUT2D eigenvalue weighted by molar-refractivity contribution is -0.122. The van der Waals surface area contributed by atoms with Gasteiger partial charge in [-0.1, -0.05) is 12.8 Å². The molecule has 0 spiro atoms. The highest BCUT2D eigenvalue weighted by Gasteiger charge is 2.17. The molecule has 1 rings (SSSR count). The van der Waals surface area contributed by atoms with E-state index in [1.54, 1.807) is 7.05 Å². The Morgan fingerprint density at radius 3 is 3.00 bits per heavy atom. The molecular formula is C8H16N2O. The van der Waals surface area contributed by atoms with Crippen LogP contribution in [0.3, 0.4) is 0 Å². The maximum absolute atomic E-state index is 11.1. The molecule has 0 bridgehead atoms. The SMILES string of the molecule is CNC(=O)[C@H]1CCCCCN1. The van der Waals surface area contributed by atoms with Crippen molar-refractivity contribution in [2.45, 2.75) is 31.7 Å². The average Bonchev–Trinajstić information content (AvgIpc) is 2.30. The van der Waals surface area contributed by atoms with Crippen molar-refractivity contribution in [3.63, 3.8) is 0 Å². The first-order valence-electron chi connectivity index (χ1n) is 4.29. The van der Waals surface area contributed by atoms with Crippen LogP contribution in [0, 0.1) is 0 Å². The maximum atomic E-state index is 11.1. The van der Waals surface area contributed by atoms with E-state index in [4.69, 9.17) is 0 Å². The van der Waals surface area contributed by atoms with Gasteiger partial charge in [-0.3, -0.25) is 4.79 Å². The van der Waals surface area contributed by atoms with Crippen molar-refractivity contribution in [1.29, 1.82) is 0 Å². The molecule has 0 unspecified atom stereocenters. The molecule has 1 fully saturated rings. The molecule has 11 heavy (non-hydrogen) atoms. The fourth-order valence-corrected chi connectivity index (χ4v) is 1.43. The van der Waals surface area contributed by atoms with Crippen LogP contribution < -0.4 is 10.6 Å². The highest BCUT2D eigenvalue weighted by atomic mass is 16.2. The highest BCUT2D eigenvalue weighted by molar-refractivity contribution is 5.81. The van der Waals surface area contributed by atoms with Crippen molar-refractivity contribution in [3.8, 4) is 0 Å². The molecule has 0 aromatic carbocycles. The molecule has 1 aliphatic heterocycles. The lowest BCUT2D eigenvalue weighted by Crippen LogP contribution is -2.42. The number of likely N-dealkylation sites (N-methyl/N-ethyl adjacent to an activating group) is 1. The Balaban J connectivity index is 2.36. The monoisotopic (exact) mass is 156 g/mol. The standard InChI is InChI=1S/C8H16N2O/c1-9-8(11)7-5-3-2-4-6-10-7/h7,10H,2-6H2,1H3,(H,9,11)/t7-/m1/s1. The molecule has 3 nitrogen and oxygen atoms in total. The Morgan fingerprint density at radius 2 is 2.27 bits per heavy atom. The second kappa shape index (κ2) is 4.34. The van der Waals surface area contributed by atoms with E-state index in [2.05, 4.69) is 10.6 Å². The number of carbonyl (C=O) groups is 1. The van der Waals surface area contributed by atoms with Crippen molar-refractivity contribution in [2.75, 3.05) is 13.6 Å². The summed E-state index contributed by atoms with van der Waals surface area (Å²) in [4.78, 5) is 11.1. The van der Waals surface area contributed by atoms with Crippen LogP contribution in [0.2, 0.25) is 0 Å². The van der Waals surface area contributed by atoms with Crippen molar-refractivity contribution in [3.05, 3.63) is 0 Å². The largest absolute Gasteiger partial charge is 0.358 e. The number of hydrogen-bond acceptors (Lipinski definition) is 2. The van der Waals surface area contributed by atoms with E-state index in [0.717, 1.165) is 13.0 Å². The average molecular weight is 156 g/mol. The van der Waals surface area contributed by atoms with E-state index < -0.39 is 0 Å². The molecule has 0 saturated carbocycles. The zero-order valence-corrected chi connectivity index (χ0v) is 7.02. The predicted molar refractivity (Wildman–Crippen MR) is 44.3 cm³/mol. The van der Waals surface area contributed by atoms with Crippen LogP contribution in [-0.4, -0.2) is 25.5 Å². The van der Waals surface area contributed by atoms with Crippen LogP contribution in [0.5, 0.6) is 0 Å². The van der Waals surface area contributed by atoms with Gasteiger partial charge in [0.15, 0.2) is 0 Å². The molecule has 64 valence electrons. The fourth-order valence-electron chi connectivity index (χ4n) is 1.43. The lowest BCUT2D eigenvalue weighted by Gasteiger charge is -2.12. The fraction of sp³-hybridized carbons (Fsp3) is 0.875. The summed E-state index contributed by atoms with van der Waals surface area (Å²) in [7, 11) is 1.69. The summed E-state index contributed by atoms with van der Waals surface area (Å²) in [5.74, 6) is 0.131. The van der Waals surface area contributed by atoms with Gasteiger partial charge in [-0.15, -0.1) is 0 Å². The minimum atomic E-state index is 0.0579. The van der Waals surface area contributed by atoms with E-state index in [9.17, 15) is 4.79 Å². The van der Waals surface area contributed by atoms with Crippen molar-refractivity contribution >= 4 is 5.91 Å². The number of nitrogens with one attached hydrogen (secondary N) is 2. The van der Waals surface area contributed by atoms with Crippen molar-refractivity contribution in [1.82, 2.24) is 10.6 Å². The first kappa shape index (κ1) is 8.53. The third kappa shape index (κ3) is 2.50. The van der Waals surface area contributed by atoms with Crippen LogP contribution >= 0.6 is 0 Å². The minimum absolute atomic E-state index is 0.0579. The summed E-state index contributed by atoms with van der Waals surface area (Å²) in [5.41, 5.74) is 0. The zero-order valence-electron chi connectivity index (χ0n) is 7.02. The Morgan fingerprint density at radius 1 is 1.45 bits per heavy atom. The van der Waals surface area contributed by atoms with Gasteiger partial charge in [0.05, 0.1) is 6.04 Å². The summed E-state index contributed by atoms with van der Waals surface area (Å²) in [5, 5.41) is 5.88. The van der Waals surface area contributed by atoms with Gasteiger partial charge in [0.1, 0.15) is 0 Å². The molecule has 3 heteroatoms. The second-order valence-corrected chi connectivity index (χ2v) is 2.97. The molecule has 2 N–H and O–H groups in total. The van der Waals surface area contributed by atoms with Gasteiger partial charge in [-0.05, 0) is 19.4 Å². The lowest BCUT2D eigenvalue weighted by atomic mass is 10.1. The normalized spacial score (nSPS) is 25.7. The third-order valence-electron chi connectivity index (χ3n) is 2.12. The predicted octanol–water partition coefficient (Wildman–Crippen LogP) is 0.265. The highest BCUT2D eigenvalue weighted by Crippen LogP contribution is 2.07. The van der Waals surface area contributed by atoms with E-state index in [-0.39, 0.29) is 11.9 Å². The number of hydrogen-bond donors (Lipinski definition) is 2. The van der Waals surface area contributed by atoms with Crippen LogP contribution in [-0.2, 0) is 4.79 Å². The molecule has 1 amide bonds. The molecule has 1 saturated heterocycles. The van der Waals surface area contributed by atoms with Gasteiger partial charge in [0, 0.05) is 7.05 Å². The van der Waals surface area contributed by atoms with Crippen LogP contribution in [0.4, 0.5) is 0 Å². The van der Waals surface area contributed by atoms with Crippen LogP contribution in [0.15, 0.2) is 0 Å². The summed E-state index contributed by atoms with van der Waals surface area (Å²) >= 11 is 0. The number of amides is 1. The van der Waals surface area contributed by atoms with Crippen molar-refractivity contribution in [2.24, 2.45) is 0 Å². The first-order valence-corrected chi connectivity index (χ1v) is 4.29. The zero-order chi connectivity index (χ0) is 8.10. The Bertz CT molecular complexity index is 128. The van der Waals surface area contributed by atoms with Crippen LogP contribution in [0.25, 0.3) is 0 Å². The van der Waals surface area contributed by atoms with Crippen LogP contribution in [0.1, 0.15) is 25.7 Å². The van der Waals surface area contributed by atoms with E-state index in [0.29, 0.717) is 0 Å². The van der Waals surface area contributed by atoms with Gasteiger partial charge in [-0.2, -0.15) is 0 Å². The minimum Gasteiger partial charge on any atom is -0.358 e.